The molecule has 0 spiro atoms. The maximum Gasteiger partial charge on any atom is 0.276 e. The number of fused-ring (bicyclic) bond motifs is 1. The van der Waals surface area contributed by atoms with Gasteiger partial charge >= 0.3 is 0 Å². The van der Waals surface area contributed by atoms with Crippen LogP contribution in [0.3, 0.4) is 0 Å². The fourth-order valence-corrected chi connectivity index (χ4v) is 3.51. The second-order valence-electron chi connectivity index (χ2n) is 7.48. The van der Waals surface area contributed by atoms with E-state index in [1.54, 1.807) is 12.1 Å². The van der Waals surface area contributed by atoms with Crippen LogP contribution >= 0.6 is 0 Å². The summed E-state index contributed by atoms with van der Waals surface area (Å²) in [6.07, 6.45) is 3.92. The van der Waals surface area contributed by atoms with Gasteiger partial charge in [0.15, 0.2) is 5.69 Å². The van der Waals surface area contributed by atoms with Crippen LogP contribution in [0.5, 0.6) is 0 Å². The summed E-state index contributed by atoms with van der Waals surface area (Å²) < 4.78 is 1.44. The fraction of sp³-hybridized carbons (Fsp3) is 0.375. The number of carbonyl (C=O) groups excluding carboxylic acids is 1. The second-order valence-corrected chi connectivity index (χ2v) is 7.48. The molecule has 1 amide bonds. The van der Waals surface area contributed by atoms with Gasteiger partial charge < -0.3 is 5.32 Å². The average molecular weight is 392 g/mol. The molecule has 3 rings (SSSR count). The van der Waals surface area contributed by atoms with Crippen molar-refractivity contribution >= 4 is 22.4 Å². The minimum Gasteiger partial charge on any atom is -0.320 e. The molecule has 1 aromatic heterocycles. The SMILES string of the molecule is CCCCCn1nc(C(=O)Nc2ccccc2[C@@H](C)CC)c2ccccc2c1=O. The van der Waals surface area contributed by atoms with E-state index in [2.05, 4.69) is 31.2 Å². The molecule has 0 bridgehead atoms. The molecule has 5 nitrogen and oxygen atoms in total. The third-order valence-corrected chi connectivity index (χ3v) is 5.41. The Morgan fingerprint density at radius 1 is 1.03 bits per heavy atom. The van der Waals surface area contributed by atoms with Crippen LogP contribution in [0, 0.1) is 0 Å². The number of anilines is 1. The van der Waals surface area contributed by atoms with Crippen LogP contribution in [-0.4, -0.2) is 15.7 Å². The van der Waals surface area contributed by atoms with E-state index in [0.717, 1.165) is 36.9 Å². The molecular formula is C24H29N3O2. The topological polar surface area (TPSA) is 64.0 Å². The molecule has 2 aromatic carbocycles. The first-order valence-corrected chi connectivity index (χ1v) is 10.5. The van der Waals surface area contributed by atoms with Gasteiger partial charge in [-0.25, -0.2) is 4.68 Å². The van der Waals surface area contributed by atoms with E-state index < -0.39 is 0 Å². The number of benzene rings is 2. The van der Waals surface area contributed by atoms with Gasteiger partial charge in [0.2, 0.25) is 0 Å². The maximum atomic E-state index is 13.2. The summed E-state index contributed by atoms with van der Waals surface area (Å²) in [5.41, 5.74) is 2.04. The van der Waals surface area contributed by atoms with E-state index in [9.17, 15) is 9.59 Å². The van der Waals surface area contributed by atoms with Gasteiger partial charge in [-0.2, -0.15) is 5.10 Å². The molecule has 0 saturated carbocycles. The lowest BCUT2D eigenvalue weighted by atomic mass is 9.97. The van der Waals surface area contributed by atoms with Crippen LogP contribution in [0.15, 0.2) is 53.3 Å². The number of aryl methyl sites for hydroxylation is 1. The van der Waals surface area contributed by atoms with Crippen molar-refractivity contribution in [1.82, 2.24) is 9.78 Å². The summed E-state index contributed by atoms with van der Waals surface area (Å²) in [4.78, 5) is 26.0. The molecule has 1 N–H and O–H groups in total. The van der Waals surface area contributed by atoms with Gasteiger partial charge in [-0.15, -0.1) is 0 Å². The van der Waals surface area contributed by atoms with E-state index in [-0.39, 0.29) is 17.2 Å². The zero-order valence-corrected chi connectivity index (χ0v) is 17.4. The lowest BCUT2D eigenvalue weighted by Gasteiger charge is -2.16. The fourth-order valence-electron chi connectivity index (χ4n) is 3.51. The van der Waals surface area contributed by atoms with Gasteiger partial charge in [-0.1, -0.05) is 70.0 Å². The predicted octanol–water partition coefficient (Wildman–Crippen LogP) is 5.35. The van der Waals surface area contributed by atoms with Crippen LogP contribution < -0.4 is 10.9 Å². The predicted molar refractivity (Wildman–Crippen MR) is 119 cm³/mol. The van der Waals surface area contributed by atoms with Crippen molar-refractivity contribution in [2.45, 2.75) is 58.9 Å². The quantitative estimate of drug-likeness (QED) is 0.526. The van der Waals surface area contributed by atoms with Crippen molar-refractivity contribution in [2.24, 2.45) is 0 Å². The number of hydrogen-bond donors (Lipinski definition) is 1. The van der Waals surface area contributed by atoms with E-state index in [4.69, 9.17) is 0 Å². The molecule has 152 valence electrons. The first-order valence-electron chi connectivity index (χ1n) is 10.5. The van der Waals surface area contributed by atoms with Gasteiger partial charge in [0, 0.05) is 17.6 Å². The summed E-state index contributed by atoms with van der Waals surface area (Å²) in [6, 6.07) is 15.1. The van der Waals surface area contributed by atoms with Crippen LogP contribution in [0.2, 0.25) is 0 Å². The Kier molecular flexibility index (Phi) is 6.81. The lowest BCUT2D eigenvalue weighted by Crippen LogP contribution is -2.28. The molecule has 5 heteroatoms. The number of nitrogens with one attached hydrogen (secondary N) is 1. The third kappa shape index (κ3) is 4.56. The van der Waals surface area contributed by atoms with Gasteiger partial charge in [-0.05, 0) is 36.5 Å². The molecule has 3 aromatic rings. The number of hydrogen-bond acceptors (Lipinski definition) is 3. The van der Waals surface area contributed by atoms with Crippen molar-refractivity contribution in [2.75, 3.05) is 5.32 Å². The summed E-state index contributed by atoms with van der Waals surface area (Å²) in [5.74, 6) is 0.0420. The monoisotopic (exact) mass is 391 g/mol. The number of aromatic nitrogens is 2. The van der Waals surface area contributed by atoms with E-state index in [1.807, 2.05) is 36.4 Å². The number of rotatable bonds is 8. The van der Waals surface area contributed by atoms with Crippen molar-refractivity contribution in [3.05, 3.63) is 70.1 Å². The van der Waals surface area contributed by atoms with Gasteiger partial charge in [0.1, 0.15) is 0 Å². The molecule has 1 atom stereocenters. The number of nitrogens with zero attached hydrogens (tertiary/aromatic N) is 2. The highest BCUT2D eigenvalue weighted by molar-refractivity contribution is 6.11. The van der Waals surface area contributed by atoms with Crippen molar-refractivity contribution in [3.8, 4) is 0 Å². The van der Waals surface area contributed by atoms with Crippen LogP contribution in [0.1, 0.15) is 68.4 Å². The molecule has 0 radical (unpaired) electrons. The van der Waals surface area contributed by atoms with Crippen molar-refractivity contribution in [1.29, 1.82) is 0 Å². The molecule has 0 aliphatic carbocycles. The Labute approximate surface area is 171 Å². The molecule has 0 unspecified atom stereocenters. The van der Waals surface area contributed by atoms with Crippen LogP contribution in [0.25, 0.3) is 10.8 Å². The number of para-hydroxylation sites is 1. The number of amides is 1. The minimum atomic E-state index is -0.291. The number of unbranched alkanes of at least 4 members (excludes halogenated alkanes) is 2. The molecule has 0 fully saturated rings. The van der Waals surface area contributed by atoms with Crippen molar-refractivity contribution in [3.63, 3.8) is 0 Å². The van der Waals surface area contributed by atoms with Gasteiger partial charge in [-0.3, -0.25) is 9.59 Å². The van der Waals surface area contributed by atoms with Crippen LogP contribution in [0.4, 0.5) is 5.69 Å². The Balaban J connectivity index is 2.02. The summed E-state index contributed by atoms with van der Waals surface area (Å²) in [5, 5.41) is 8.60. The maximum absolute atomic E-state index is 13.2. The third-order valence-electron chi connectivity index (χ3n) is 5.41. The second kappa shape index (κ2) is 9.50. The zero-order valence-electron chi connectivity index (χ0n) is 17.4. The van der Waals surface area contributed by atoms with Crippen LogP contribution in [-0.2, 0) is 6.54 Å². The summed E-state index contributed by atoms with van der Waals surface area (Å²) >= 11 is 0. The Morgan fingerprint density at radius 3 is 2.45 bits per heavy atom. The average Bonchev–Trinajstić information content (AvgIpc) is 2.75. The summed E-state index contributed by atoms with van der Waals surface area (Å²) in [7, 11) is 0. The van der Waals surface area contributed by atoms with E-state index >= 15 is 0 Å². The van der Waals surface area contributed by atoms with E-state index in [0.29, 0.717) is 23.2 Å². The molecule has 0 saturated heterocycles. The Bertz CT molecular complexity index is 1060. The molecule has 0 aliphatic heterocycles. The molecule has 0 aliphatic rings. The number of carbonyl (C=O) groups is 1. The lowest BCUT2D eigenvalue weighted by molar-refractivity contribution is 0.102. The first-order chi connectivity index (χ1) is 14.1. The van der Waals surface area contributed by atoms with E-state index in [1.165, 1.54) is 4.68 Å². The molecule has 1 heterocycles. The highest BCUT2D eigenvalue weighted by atomic mass is 16.2. The zero-order chi connectivity index (χ0) is 20.8. The Hall–Kier alpha value is -2.95. The highest BCUT2D eigenvalue weighted by Gasteiger charge is 2.18. The van der Waals surface area contributed by atoms with Crippen molar-refractivity contribution < 1.29 is 4.79 Å². The van der Waals surface area contributed by atoms with Gasteiger partial charge in [0.05, 0.1) is 5.39 Å². The van der Waals surface area contributed by atoms with Gasteiger partial charge in [0.25, 0.3) is 11.5 Å². The first kappa shape index (κ1) is 20.8. The minimum absolute atomic E-state index is 0.145. The molecular weight excluding hydrogens is 362 g/mol. The largest absolute Gasteiger partial charge is 0.320 e. The summed E-state index contributed by atoms with van der Waals surface area (Å²) in [6.45, 7) is 6.91. The molecule has 29 heavy (non-hydrogen) atoms. The highest BCUT2D eigenvalue weighted by Crippen LogP contribution is 2.27. The smallest absolute Gasteiger partial charge is 0.276 e. The normalized spacial score (nSPS) is 12.1. The standard InChI is InChI=1S/C24H29N3O2/c1-4-6-11-16-27-24(29)20-14-8-7-13-19(20)22(26-27)23(28)25-21-15-10-9-12-18(21)17(3)5-2/h7-10,12-15,17H,4-6,11,16H2,1-3H3,(H,25,28)/t17-/m0/s1. The Morgan fingerprint density at radius 2 is 1.72 bits per heavy atom.